The molecule has 0 spiro atoms. The Hall–Kier alpha value is -1.30. The van der Waals surface area contributed by atoms with Crippen LogP contribution in [0, 0.1) is 6.07 Å². The van der Waals surface area contributed by atoms with Gasteiger partial charge in [0.05, 0.1) is 5.52 Å². The van der Waals surface area contributed by atoms with E-state index >= 15 is 0 Å². The van der Waals surface area contributed by atoms with Gasteiger partial charge in [0.15, 0.2) is 0 Å². The van der Waals surface area contributed by atoms with Crippen LogP contribution in [0.2, 0.25) is 0 Å². The van der Waals surface area contributed by atoms with Crippen molar-refractivity contribution in [3.05, 3.63) is 47.6 Å². The average Bonchev–Trinajstić information content (AvgIpc) is 2.86. The molecule has 2 nitrogen and oxygen atoms in total. The molecule has 3 rings (SSSR count). The summed E-state index contributed by atoms with van der Waals surface area (Å²) >= 11 is 1.45. The molecule has 0 aliphatic heterocycles. The zero-order valence-electron chi connectivity index (χ0n) is 9.73. The van der Waals surface area contributed by atoms with E-state index in [9.17, 15) is 13.2 Å². The van der Waals surface area contributed by atoms with Crippen LogP contribution in [0.25, 0.3) is 21.5 Å². The van der Waals surface area contributed by atoms with Crippen molar-refractivity contribution in [3.63, 3.8) is 0 Å². The van der Waals surface area contributed by atoms with Crippen LogP contribution in [0.5, 0.6) is 0 Å². The largest absolute Gasteiger partial charge is 0.381 e. The molecule has 0 N–H and O–H groups in total. The quantitative estimate of drug-likeness (QED) is 0.498. The van der Waals surface area contributed by atoms with Crippen LogP contribution in [0.15, 0.2) is 36.0 Å². The van der Waals surface area contributed by atoms with Gasteiger partial charge in [-0.1, -0.05) is 0 Å². The minimum Gasteiger partial charge on any atom is -0.284 e. The van der Waals surface area contributed by atoms with Crippen molar-refractivity contribution in [2.75, 3.05) is 0 Å². The van der Waals surface area contributed by atoms with Crippen LogP contribution in [0.4, 0.5) is 13.2 Å². The molecular weight excluding hydrogens is 465 g/mol. The molecule has 1 radical (unpaired) electrons. The molecule has 0 atom stereocenters. The predicted molar refractivity (Wildman–Crippen MR) is 66.7 cm³/mol. The van der Waals surface area contributed by atoms with E-state index in [-0.39, 0.29) is 20.1 Å². The molecule has 0 saturated carbocycles. The summed E-state index contributed by atoms with van der Waals surface area (Å²) in [6.45, 7) is 0. The first kappa shape index (κ1) is 15.1. The first-order valence-electron chi connectivity index (χ1n) is 5.33. The van der Waals surface area contributed by atoms with Crippen molar-refractivity contribution in [2.24, 2.45) is 0 Å². The number of halogens is 3. The van der Waals surface area contributed by atoms with Gasteiger partial charge in [-0.25, -0.2) is 4.98 Å². The molecule has 3 aromatic rings. The zero-order valence-corrected chi connectivity index (χ0v) is 12.9. The summed E-state index contributed by atoms with van der Waals surface area (Å²) in [4.78, 5) is 8.22. The van der Waals surface area contributed by atoms with Crippen LogP contribution in [0.1, 0.15) is 5.56 Å². The second-order valence-corrected chi connectivity index (χ2v) is 4.76. The first-order valence-corrected chi connectivity index (χ1v) is 6.21. The van der Waals surface area contributed by atoms with Gasteiger partial charge in [-0.05, 0) is 17.0 Å². The summed E-state index contributed by atoms with van der Waals surface area (Å²) in [6, 6.07) is 7.84. The van der Waals surface area contributed by atoms with Crippen molar-refractivity contribution >= 4 is 21.6 Å². The number of aromatic nitrogens is 2. The Balaban J connectivity index is 0.00000147. The van der Waals surface area contributed by atoms with Gasteiger partial charge >= 0.3 is 6.18 Å². The Bertz CT molecular complexity index is 722. The molecule has 20 heavy (non-hydrogen) atoms. The van der Waals surface area contributed by atoms with Crippen LogP contribution in [-0.2, 0) is 26.3 Å². The number of rotatable bonds is 1. The van der Waals surface area contributed by atoms with Gasteiger partial charge in [-0.2, -0.15) is 24.5 Å². The van der Waals surface area contributed by atoms with Gasteiger partial charge in [0.2, 0.25) is 0 Å². The van der Waals surface area contributed by atoms with Crippen molar-refractivity contribution in [1.29, 1.82) is 0 Å². The monoisotopic (exact) mass is 472 g/mol. The number of nitrogens with zero attached hydrogens (tertiary/aromatic N) is 2. The standard InChI is InChI=1S/C13H6F3N2S.Ir/c14-13(15,16)9-3-1-8(2-4-9)11-12-10(5-6-19-12)17-7-18-11;/h1,3-7H;/q-1;. The van der Waals surface area contributed by atoms with Gasteiger partial charge < -0.3 is 0 Å². The third-order valence-electron chi connectivity index (χ3n) is 2.64. The molecule has 0 amide bonds. The number of thiophene rings is 1. The summed E-state index contributed by atoms with van der Waals surface area (Å²) in [5, 5.41) is 1.87. The SMILES string of the molecule is FC(F)(F)c1c[c-]c(-c2ncnc3ccsc23)cc1.[Ir]. The Morgan fingerprint density at radius 1 is 1.10 bits per heavy atom. The average molecular weight is 471 g/mol. The van der Waals surface area contributed by atoms with Crippen molar-refractivity contribution < 1.29 is 33.3 Å². The van der Waals surface area contributed by atoms with Gasteiger partial charge in [0.1, 0.15) is 6.33 Å². The van der Waals surface area contributed by atoms with Gasteiger partial charge in [-0.15, -0.1) is 29.8 Å². The fraction of sp³-hybridized carbons (Fsp3) is 0.0769. The Labute approximate surface area is 130 Å². The van der Waals surface area contributed by atoms with E-state index in [1.54, 1.807) is 0 Å². The minimum absolute atomic E-state index is 0. The molecule has 7 heteroatoms. The number of benzene rings is 1. The number of hydrogen-bond acceptors (Lipinski definition) is 3. The molecule has 0 aliphatic rings. The Kier molecular flexibility index (Phi) is 4.22. The van der Waals surface area contributed by atoms with E-state index in [2.05, 4.69) is 16.0 Å². The Morgan fingerprint density at radius 3 is 2.55 bits per heavy atom. The third kappa shape index (κ3) is 2.75. The minimum atomic E-state index is -4.35. The van der Waals surface area contributed by atoms with E-state index in [1.807, 2.05) is 11.4 Å². The number of fused-ring (bicyclic) bond motifs is 1. The van der Waals surface area contributed by atoms with Gasteiger partial charge in [0.25, 0.3) is 0 Å². The first-order chi connectivity index (χ1) is 9.05. The molecular formula is C13H6F3IrN2S-. The summed E-state index contributed by atoms with van der Waals surface area (Å²) in [5.74, 6) is 0. The van der Waals surface area contributed by atoms with Gasteiger partial charge in [-0.3, -0.25) is 4.98 Å². The predicted octanol–water partition coefficient (Wildman–Crippen LogP) is 4.17. The van der Waals surface area contributed by atoms with Gasteiger partial charge in [0, 0.05) is 30.5 Å². The number of alkyl halides is 3. The molecule has 2 aromatic heterocycles. The second-order valence-electron chi connectivity index (χ2n) is 3.85. The van der Waals surface area contributed by atoms with E-state index in [1.165, 1.54) is 23.7 Å². The van der Waals surface area contributed by atoms with Crippen LogP contribution in [-0.4, -0.2) is 9.97 Å². The maximum Gasteiger partial charge on any atom is 0.381 e. The maximum atomic E-state index is 12.5. The number of hydrogen-bond donors (Lipinski definition) is 0. The second kappa shape index (κ2) is 5.60. The molecule has 0 saturated heterocycles. The summed E-state index contributed by atoms with van der Waals surface area (Å²) in [5.41, 5.74) is 1.20. The van der Waals surface area contributed by atoms with Crippen molar-refractivity contribution in [1.82, 2.24) is 9.97 Å². The third-order valence-corrected chi connectivity index (χ3v) is 3.55. The maximum absolute atomic E-state index is 12.5. The van der Waals surface area contributed by atoms with Crippen molar-refractivity contribution in [2.45, 2.75) is 6.18 Å². The molecule has 0 fully saturated rings. The Morgan fingerprint density at radius 2 is 1.90 bits per heavy atom. The zero-order chi connectivity index (χ0) is 13.5. The summed E-state index contributed by atoms with van der Waals surface area (Å²) in [6.07, 6.45) is -2.95. The molecule has 1 aromatic carbocycles. The fourth-order valence-electron chi connectivity index (χ4n) is 1.73. The van der Waals surface area contributed by atoms with Crippen molar-refractivity contribution in [3.8, 4) is 11.3 Å². The summed E-state index contributed by atoms with van der Waals surface area (Å²) in [7, 11) is 0. The van der Waals surface area contributed by atoms with Crippen LogP contribution in [0.3, 0.4) is 0 Å². The van der Waals surface area contributed by atoms with Crippen LogP contribution >= 0.6 is 11.3 Å². The smallest absolute Gasteiger partial charge is 0.284 e. The van der Waals surface area contributed by atoms with E-state index in [0.717, 1.165) is 22.3 Å². The molecule has 0 aliphatic carbocycles. The fourth-order valence-corrected chi connectivity index (χ4v) is 2.58. The van der Waals surface area contributed by atoms with E-state index in [4.69, 9.17) is 0 Å². The molecule has 2 heterocycles. The summed E-state index contributed by atoms with van der Waals surface area (Å²) < 4.78 is 38.3. The molecule has 0 unspecified atom stereocenters. The molecule has 0 bridgehead atoms. The van der Waals surface area contributed by atoms with E-state index < -0.39 is 11.7 Å². The normalized spacial score (nSPS) is 11.3. The van der Waals surface area contributed by atoms with Crippen LogP contribution < -0.4 is 0 Å². The van der Waals surface area contributed by atoms with E-state index in [0.29, 0.717) is 11.3 Å². The topological polar surface area (TPSA) is 25.8 Å². The molecule has 105 valence electrons.